The van der Waals surface area contributed by atoms with Crippen molar-refractivity contribution in [3.05, 3.63) is 34.9 Å². The molecule has 5 heteroatoms. The highest BCUT2D eigenvalue weighted by Crippen LogP contribution is 2.37. The van der Waals surface area contributed by atoms with Crippen LogP contribution in [0.25, 0.3) is 0 Å². The van der Waals surface area contributed by atoms with Crippen LogP contribution in [-0.4, -0.2) is 41.7 Å². The summed E-state index contributed by atoms with van der Waals surface area (Å²) in [5.74, 6) is 0.119. The highest BCUT2D eigenvalue weighted by atomic mass is 35.5. The van der Waals surface area contributed by atoms with Gasteiger partial charge in [-0.3, -0.25) is 4.79 Å². The van der Waals surface area contributed by atoms with Gasteiger partial charge in [0.1, 0.15) is 0 Å². The third kappa shape index (κ3) is 3.39. The molecule has 0 unspecified atom stereocenters. The van der Waals surface area contributed by atoms with E-state index in [0.717, 1.165) is 25.0 Å². The Morgan fingerprint density at radius 3 is 2.70 bits per heavy atom. The molecule has 1 aromatic rings. The summed E-state index contributed by atoms with van der Waals surface area (Å²) < 4.78 is 5.61. The van der Waals surface area contributed by atoms with Gasteiger partial charge in [-0.1, -0.05) is 29.8 Å². The van der Waals surface area contributed by atoms with Crippen molar-refractivity contribution in [2.75, 3.05) is 19.7 Å². The summed E-state index contributed by atoms with van der Waals surface area (Å²) in [7, 11) is 0. The van der Waals surface area contributed by atoms with E-state index in [1.54, 1.807) is 6.07 Å². The minimum atomic E-state index is -0.941. The normalized spacial score (nSPS) is 27.7. The van der Waals surface area contributed by atoms with Crippen molar-refractivity contribution >= 4 is 17.5 Å². The maximum absolute atomic E-state index is 12.7. The summed E-state index contributed by atoms with van der Waals surface area (Å²) in [5, 5.41) is 11.5. The Labute approximate surface area is 142 Å². The lowest BCUT2D eigenvalue weighted by Crippen LogP contribution is -2.49. The largest absolute Gasteiger partial charge is 0.385 e. The molecule has 2 aliphatic heterocycles. The first-order chi connectivity index (χ1) is 11.0. The fourth-order valence-corrected chi connectivity index (χ4v) is 4.00. The Balaban J connectivity index is 1.66. The average Bonchev–Trinajstić information content (AvgIpc) is 2.56. The van der Waals surface area contributed by atoms with E-state index in [-0.39, 0.29) is 17.9 Å². The number of carbonyl (C=O) groups is 1. The van der Waals surface area contributed by atoms with Crippen LogP contribution in [0.3, 0.4) is 0 Å². The van der Waals surface area contributed by atoms with Crippen LogP contribution in [0.4, 0.5) is 0 Å². The molecule has 2 fully saturated rings. The second-order valence-corrected chi connectivity index (χ2v) is 7.07. The highest BCUT2D eigenvalue weighted by Gasteiger charge is 2.39. The molecule has 0 bridgehead atoms. The van der Waals surface area contributed by atoms with Gasteiger partial charge in [-0.25, -0.2) is 0 Å². The van der Waals surface area contributed by atoms with Gasteiger partial charge >= 0.3 is 0 Å². The van der Waals surface area contributed by atoms with Gasteiger partial charge in [0, 0.05) is 30.3 Å². The Bertz CT molecular complexity index is 569. The van der Waals surface area contributed by atoms with Crippen LogP contribution in [0.1, 0.15) is 38.2 Å². The molecule has 2 atom stereocenters. The number of carbonyl (C=O) groups excluding carboxylic acids is 1. The van der Waals surface area contributed by atoms with E-state index in [1.165, 1.54) is 0 Å². The number of likely N-dealkylation sites (tertiary alicyclic amines) is 1. The van der Waals surface area contributed by atoms with Crippen molar-refractivity contribution in [3.63, 3.8) is 0 Å². The maximum atomic E-state index is 12.7. The first kappa shape index (κ1) is 16.7. The number of hydrogen-bond donors (Lipinski definition) is 1. The summed E-state index contributed by atoms with van der Waals surface area (Å²) in [6.45, 7) is 3.84. The number of piperidine rings is 1. The second kappa shape index (κ2) is 6.80. The van der Waals surface area contributed by atoms with E-state index in [0.29, 0.717) is 31.0 Å². The van der Waals surface area contributed by atoms with E-state index in [4.69, 9.17) is 16.3 Å². The minimum Gasteiger partial charge on any atom is -0.385 e. The molecule has 0 spiro atoms. The van der Waals surface area contributed by atoms with Crippen molar-refractivity contribution in [2.45, 2.75) is 44.3 Å². The first-order valence-corrected chi connectivity index (χ1v) is 8.77. The Morgan fingerprint density at radius 2 is 2.04 bits per heavy atom. The molecule has 2 aliphatic rings. The fourth-order valence-electron chi connectivity index (χ4n) is 3.69. The molecule has 2 saturated heterocycles. The molecule has 0 aromatic heterocycles. The van der Waals surface area contributed by atoms with E-state index in [9.17, 15) is 9.90 Å². The van der Waals surface area contributed by atoms with Crippen LogP contribution in [0.2, 0.25) is 5.02 Å². The molecule has 0 saturated carbocycles. The second-order valence-electron chi connectivity index (χ2n) is 6.66. The fraction of sp³-hybridized carbons (Fsp3) is 0.611. The van der Waals surface area contributed by atoms with Gasteiger partial charge in [-0.2, -0.15) is 0 Å². The smallest absolute Gasteiger partial charge is 0.228 e. The Morgan fingerprint density at radius 1 is 1.35 bits per heavy atom. The van der Waals surface area contributed by atoms with Gasteiger partial charge in [0.2, 0.25) is 5.91 Å². The molecular formula is C18H24ClNO3. The average molecular weight is 338 g/mol. The van der Waals surface area contributed by atoms with Crippen LogP contribution in [0, 0.1) is 5.92 Å². The van der Waals surface area contributed by atoms with E-state index < -0.39 is 5.60 Å². The van der Waals surface area contributed by atoms with Gasteiger partial charge in [-0.15, -0.1) is 0 Å². The SMILES string of the molecule is C[C@H]1OCCC[C@@H]1C(=O)N1CCC(O)(c2ccccc2Cl)CC1. The zero-order valence-corrected chi connectivity index (χ0v) is 14.3. The van der Waals surface area contributed by atoms with Crippen LogP contribution < -0.4 is 0 Å². The number of ether oxygens (including phenoxy) is 1. The highest BCUT2D eigenvalue weighted by molar-refractivity contribution is 6.31. The molecule has 4 nitrogen and oxygen atoms in total. The van der Waals surface area contributed by atoms with Crippen LogP contribution in [0.15, 0.2) is 24.3 Å². The Hall–Kier alpha value is -1.10. The molecule has 3 rings (SSSR count). The van der Waals surface area contributed by atoms with Gasteiger partial charge in [0.05, 0.1) is 17.6 Å². The van der Waals surface area contributed by atoms with Gasteiger partial charge in [0.25, 0.3) is 0 Å². The molecule has 0 radical (unpaired) electrons. The molecule has 2 heterocycles. The minimum absolute atomic E-state index is 0.0133. The number of amides is 1. The number of nitrogens with zero attached hydrogens (tertiary/aromatic N) is 1. The summed E-state index contributed by atoms with van der Waals surface area (Å²) in [6.07, 6.45) is 2.86. The van der Waals surface area contributed by atoms with E-state index >= 15 is 0 Å². The van der Waals surface area contributed by atoms with E-state index in [1.807, 2.05) is 30.0 Å². The number of rotatable bonds is 2. The Kier molecular flexibility index (Phi) is 4.95. The van der Waals surface area contributed by atoms with Gasteiger partial charge < -0.3 is 14.7 Å². The molecule has 1 amide bonds. The van der Waals surface area contributed by atoms with Crippen molar-refractivity contribution in [1.29, 1.82) is 0 Å². The van der Waals surface area contributed by atoms with Gasteiger partial charge in [0.15, 0.2) is 0 Å². The van der Waals surface area contributed by atoms with Crippen LogP contribution >= 0.6 is 11.6 Å². The summed E-state index contributed by atoms with van der Waals surface area (Å²) in [5.41, 5.74) is -0.174. The lowest BCUT2D eigenvalue weighted by atomic mass is 9.83. The summed E-state index contributed by atoms with van der Waals surface area (Å²) in [4.78, 5) is 14.6. The summed E-state index contributed by atoms with van der Waals surface area (Å²) in [6, 6.07) is 7.42. The third-order valence-corrected chi connectivity index (χ3v) is 5.53. The van der Waals surface area contributed by atoms with Crippen molar-refractivity contribution in [2.24, 2.45) is 5.92 Å². The van der Waals surface area contributed by atoms with Crippen molar-refractivity contribution < 1.29 is 14.6 Å². The van der Waals surface area contributed by atoms with Crippen molar-refractivity contribution in [3.8, 4) is 0 Å². The lowest BCUT2D eigenvalue weighted by Gasteiger charge is -2.41. The van der Waals surface area contributed by atoms with Crippen LogP contribution in [-0.2, 0) is 15.1 Å². The zero-order valence-electron chi connectivity index (χ0n) is 13.5. The first-order valence-electron chi connectivity index (χ1n) is 8.39. The number of hydrogen-bond acceptors (Lipinski definition) is 3. The number of aliphatic hydroxyl groups is 1. The molecule has 23 heavy (non-hydrogen) atoms. The molecule has 1 aromatic carbocycles. The predicted octanol–water partition coefficient (Wildman–Crippen LogP) is 2.97. The van der Waals surface area contributed by atoms with Crippen molar-refractivity contribution in [1.82, 2.24) is 4.90 Å². The topological polar surface area (TPSA) is 49.8 Å². The lowest BCUT2D eigenvalue weighted by molar-refractivity contribution is -0.148. The molecule has 0 aliphatic carbocycles. The predicted molar refractivity (Wildman–Crippen MR) is 89.3 cm³/mol. The van der Waals surface area contributed by atoms with Gasteiger partial charge in [-0.05, 0) is 38.7 Å². The van der Waals surface area contributed by atoms with Crippen LogP contribution in [0.5, 0.6) is 0 Å². The number of halogens is 1. The summed E-state index contributed by atoms with van der Waals surface area (Å²) >= 11 is 6.23. The zero-order chi connectivity index (χ0) is 16.4. The molecule has 1 N–H and O–H groups in total. The molecular weight excluding hydrogens is 314 g/mol. The number of benzene rings is 1. The maximum Gasteiger partial charge on any atom is 0.228 e. The monoisotopic (exact) mass is 337 g/mol. The standard InChI is InChI=1S/C18H24ClNO3/c1-13-14(5-4-12-23-13)17(21)20-10-8-18(22,9-11-20)15-6-2-3-7-16(15)19/h2-3,6-7,13-14,22H,4-5,8-12H2,1H3/t13-,14+/m1/s1. The third-order valence-electron chi connectivity index (χ3n) is 5.20. The molecule has 126 valence electrons. The van der Waals surface area contributed by atoms with E-state index in [2.05, 4.69) is 0 Å². The quantitative estimate of drug-likeness (QED) is 0.902.